The second-order valence-corrected chi connectivity index (χ2v) is 5.79. The molecular formula is C23H30. The Morgan fingerprint density at radius 3 is 2.13 bits per heavy atom. The molecule has 23 heavy (non-hydrogen) atoms. The molecule has 0 nitrogen and oxygen atoms in total. The van der Waals surface area contributed by atoms with E-state index in [1.165, 1.54) is 22.3 Å². The zero-order chi connectivity index (χ0) is 17.2. The van der Waals surface area contributed by atoms with Crippen molar-refractivity contribution in [1.29, 1.82) is 0 Å². The predicted molar refractivity (Wildman–Crippen MR) is 105 cm³/mol. The Kier molecular flexibility index (Phi) is 8.11. The van der Waals surface area contributed by atoms with Crippen LogP contribution in [-0.2, 0) is 6.42 Å². The maximum Gasteiger partial charge on any atom is -0.00887 e. The molecule has 0 aromatic heterocycles. The van der Waals surface area contributed by atoms with E-state index < -0.39 is 0 Å². The van der Waals surface area contributed by atoms with Crippen molar-refractivity contribution in [2.45, 2.75) is 47.0 Å². The molecular weight excluding hydrogens is 276 g/mol. The van der Waals surface area contributed by atoms with Gasteiger partial charge in [-0.2, -0.15) is 0 Å². The fourth-order valence-corrected chi connectivity index (χ4v) is 2.54. The molecule has 0 amide bonds. The summed E-state index contributed by atoms with van der Waals surface area (Å²) in [6, 6.07) is 19.1. The van der Waals surface area contributed by atoms with E-state index in [4.69, 9.17) is 0 Å². The van der Waals surface area contributed by atoms with Crippen molar-refractivity contribution < 1.29 is 0 Å². The van der Waals surface area contributed by atoms with Gasteiger partial charge in [0.05, 0.1) is 0 Å². The van der Waals surface area contributed by atoms with Gasteiger partial charge in [0.15, 0.2) is 0 Å². The number of rotatable bonds is 5. The zero-order valence-electron chi connectivity index (χ0n) is 15.3. The molecule has 0 spiro atoms. The van der Waals surface area contributed by atoms with Gasteiger partial charge >= 0.3 is 0 Å². The van der Waals surface area contributed by atoms with Crippen molar-refractivity contribution in [2.24, 2.45) is 0 Å². The van der Waals surface area contributed by atoms with Crippen LogP contribution in [0.3, 0.4) is 0 Å². The molecule has 0 fully saturated rings. The second kappa shape index (κ2) is 9.84. The van der Waals surface area contributed by atoms with Gasteiger partial charge in [-0.25, -0.2) is 0 Å². The number of hydrogen-bond donors (Lipinski definition) is 0. The highest BCUT2D eigenvalue weighted by Gasteiger charge is 2.05. The normalized spacial score (nSPS) is 11.0. The third-order valence-corrected chi connectivity index (χ3v) is 3.90. The number of benzene rings is 2. The van der Waals surface area contributed by atoms with Crippen molar-refractivity contribution in [3.8, 4) is 0 Å². The summed E-state index contributed by atoms with van der Waals surface area (Å²) in [6.45, 7) is 14.9. The Bertz CT molecular complexity index is 630. The van der Waals surface area contributed by atoms with E-state index in [0.29, 0.717) is 5.92 Å². The topological polar surface area (TPSA) is 0 Å². The number of hydrogen-bond acceptors (Lipinski definition) is 0. The third-order valence-electron chi connectivity index (χ3n) is 3.90. The van der Waals surface area contributed by atoms with Crippen LogP contribution in [0.1, 0.15) is 57.2 Å². The highest BCUT2D eigenvalue weighted by atomic mass is 14.1. The molecule has 0 aliphatic carbocycles. The van der Waals surface area contributed by atoms with E-state index in [0.717, 1.165) is 12.0 Å². The van der Waals surface area contributed by atoms with Crippen LogP contribution >= 0.6 is 0 Å². The molecule has 0 atom stereocenters. The van der Waals surface area contributed by atoms with Gasteiger partial charge < -0.3 is 0 Å². The summed E-state index contributed by atoms with van der Waals surface area (Å²) < 4.78 is 0. The van der Waals surface area contributed by atoms with Gasteiger partial charge in [-0.1, -0.05) is 94.9 Å². The van der Waals surface area contributed by atoms with Gasteiger partial charge in [-0.15, -0.1) is 0 Å². The van der Waals surface area contributed by atoms with Crippen LogP contribution < -0.4 is 0 Å². The van der Waals surface area contributed by atoms with Gasteiger partial charge in [-0.3, -0.25) is 0 Å². The lowest BCUT2D eigenvalue weighted by Gasteiger charge is -2.12. The van der Waals surface area contributed by atoms with Crippen LogP contribution in [0, 0.1) is 0 Å². The molecule has 0 unspecified atom stereocenters. The minimum absolute atomic E-state index is 0.562. The minimum Gasteiger partial charge on any atom is -0.0909 e. The SMILES string of the molecule is C=C(/C(C)=C\Cc1ccccc1C(C)C)c1ccccc1.CC. The smallest absolute Gasteiger partial charge is 0.00887 e. The van der Waals surface area contributed by atoms with Crippen LogP contribution in [0.15, 0.2) is 72.8 Å². The van der Waals surface area contributed by atoms with Crippen LogP contribution in [0.25, 0.3) is 5.57 Å². The van der Waals surface area contributed by atoms with E-state index in [1.807, 2.05) is 19.9 Å². The van der Waals surface area contributed by atoms with Crippen molar-refractivity contribution in [3.63, 3.8) is 0 Å². The zero-order valence-corrected chi connectivity index (χ0v) is 15.3. The molecule has 2 rings (SSSR count). The molecule has 122 valence electrons. The summed E-state index contributed by atoms with van der Waals surface area (Å²) in [6.07, 6.45) is 3.25. The van der Waals surface area contributed by atoms with Crippen molar-refractivity contribution in [1.82, 2.24) is 0 Å². The summed E-state index contributed by atoms with van der Waals surface area (Å²) in [4.78, 5) is 0. The quantitative estimate of drug-likeness (QED) is 0.520. The maximum absolute atomic E-state index is 4.23. The number of allylic oxidation sites excluding steroid dienone is 3. The van der Waals surface area contributed by atoms with Crippen LogP contribution in [0.4, 0.5) is 0 Å². The Labute approximate surface area is 142 Å². The first-order chi connectivity index (χ1) is 11.1. The van der Waals surface area contributed by atoms with Gasteiger partial charge in [-0.05, 0) is 47.1 Å². The first-order valence-corrected chi connectivity index (χ1v) is 8.59. The highest BCUT2D eigenvalue weighted by Crippen LogP contribution is 2.23. The van der Waals surface area contributed by atoms with E-state index in [2.05, 4.69) is 82.0 Å². The van der Waals surface area contributed by atoms with Gasteiger partial charge in [0, 0.05) is 0 Å². The molecule has 0 heteroatoms. The first-order valence-electron chi connectivity index (χ1n) is 8.59. The Balaban J connectivity index is 0.00000127. The molecule has 0 aliphatic heterocycles. The maximum atomic E-state index is 4.23. The van der Waals surface area contributed by atoms with Gasteiger partial charge in [0.2, 0.25) is 0 Å². The van der Waals surface area contributed by atoms with Gasteiger partial charge in [0.1, 0.15) is 0 Å². The Morgan fingerprint density at radius 1 is 0.957 bits per heavy atom. The largest absolute Gasteiger partial charge is 0.0909 e. The van der Waals surface area contributed by atoms with Crippen molar-refractivity contribution >= 4 is 5.57 Å². The van der Waals surface area contributed by atoms with E-state index >= 15 is 0 Å². The van der Waals surface area contributed by atoms with E-state index in [9.17, 15) is 0 Å². The van der Waals surface area contributed by atoms with Crippen LogP contribution in [0.5, 0.6) is 0 Å². The lowest BCUT2D eigenvalue weighted by atomic mass is 9.93. The van der Waals surface area contributed by atoms with Gasteiger partial charge in [0.25, 0.3) is 0 Å². The molecule has 0 radical (unpaired) electrons. The Morgan fingerprint density at radius 2 is 1.52 bits per heavy atom. The molecule has 0 heterocycles. The fraction of sp³-hybridized carbons (Fsp3) is 0.304. The molecule has 0 N–H and O–H groups in total. The average Bonchev–Trinajstić information content (AvgIpc) is 2.61. The third kappa shape index (κ3) is 5.56. The lowest BCUT2D eigenvalue weighted by Crippen LogP contribution is -1.95. The van der Waals surface area contributed by atoms with Crippen LogP contribution in [0.2, 0.25) is 0 Å². The monoisotopic (exact) mass is 306 g/mol. The fourth-order valence-electron chi connectivity index (χ4n) is 2.54. The minimum atomic E-state index is 0.562. The molecule has 0 saturated heterocycles. The standard InChI is InChI=1S/C21H24.C2H6/c1-16(2)21-13-9-8-12-20(21)15-14-17(3)18(4)19-10-6-5-7-11-19;1-2/h5-14,16H,4,15H2,1-3H3;1-2H3/b17-14-;. The van der Waals surface area contributed by atoms with Crippen molar-refractivity contribution in [2.75, 3.05) is 0 Å². The highest BCUT2D eigenvalue weighted by molar-refractivity contribution is 5.76. The van der Waals surface area contributed by atoms with E-state index in [-0.39, 0.29) is 0 Å². The van der Waals surface area contributed by atoms with Crippen LogP contribution in [-0.4, -0.2) is 0 Å². The summed E-state index contributed by atoms with van der Waals surface area (Å²) in [5.74, 6) is 0.562. The molecule has 0 aliphatic rings. The predicted octanol–water partition coefficient (Wildman–Crippen LogP) is 7.04. The van der Waals surface area contributed by atoms with E-state index in [1.54, 1.807) is 0 Å². The first kappa shape index (κ1) is 19.0. The molecule has 0 saturated carbocycles. The summed E-state index contributed by atoms with van der Waals surface area (Å²) in [5, 5.41) is 0. The summed E-state index contributed by atoms with van der Waals surface area (Å²) in [5.41, 5.74) is 6.40. The second-order valence-electron chi connectivity index (χ2n) is 5.79. The Hall–Kier alpha value is -2.08. The molecule has 0 bridgehead atoms. The average molecular weight is 306 g/mol. The molecule has 2 aromatic rings. The summed E-state index contributed by atoms with van der Waals surface area (Å²) in [7, 11) is 0. The summed E-state index contributed by atoms with van der Waals surface area (Å²) >= 11 is 0. The van der Waals surface area contributed by atoms with Crippen molar-refractivity contribution in [3.05, 3.63) is 89.5 Å². The lowest BCUT2D eigenvalue weighted by molar-refractivity contribution is 0.850. The molecule has 2 aromatic carbocycles.